The highest BCUT2D eigenvalue weighted by Crippen LogP contribution is 2.18. The summed E-state index contributed by atoms with van der Waals surface area (Å²) < 4.78 is 6.91. The molecule has 0 fully saturated rings. The van der Waals surface area contributed by atoms with Gasteiger partial charge in [-0.1, -0.05) is 18.7 Å². The molecule has 2 rings (SSSR count). The highest BCUT2D eigenvalue weighted by atomic mass is 32.2. The number of hydrogen-bond donors (Lipinski definition) is 1. The molecule has 0 spiro atoms. The largest absolute Gasteiger partial charge is 0.468 e. The summed E-state index contributed by atoms with van der Waals surface area (Å²) in [6, 6.07) is 3.85. The summed E-state index contributed by atoms with van der Waals surface area (Å²) in [5.74, 6) is 0.947. The predicted molar refractivity (Wildman–Crippen MR) is 64.5 cm³/mol. The summed E-state index contributed by atoms with van der Waals surface area (Å²) in [6.45, 7) is 3.75. The van der Waals surface area contributed by atoms with Crippen LogP contribution >= 0.6 is 11.8 Å². The molecule has 0 radical (unpaired) electrons. The molecule has 0 bridgehead atoms. The van der Waals surface area contributed by atoms with Crippen molar-refractivity contribution in [3.05, 3.63) is 24.2 Å². The second kappa shape index (κ2) is 5.83. The summed E-state index contributed by atoms with van der Waals surface area (Å²) in [7, 11) is 1.84. The second-order valence-electron chi connectivity index (χ2n) is 3.72. The van der Waals surface area contributed by atoms with Gasteiger partial charge in [-0.15, -0.1) is 5.10 Å². The standard InChI is InChI=1S/C10H15N5OS/c1-8(17-10-12-13-14-15(10)2)6-11-7-9-4-3-5-16-9/h3-5,8,11H,6-7H2,1-2H3. The van der Waals surface area contributed by atoms with Crippen LogP contribution in [-0.4, -0.2) is 32.0 Å². The Morgan fingerprint density at radius 3 is 3.12 bits per heavy atom. The average molecular weight is 253 g/mol. The topological polar surface area (TPSA) is 68.8 Å². The minimum Gasteiger partial charge on any atom is -0.468 e. The van der Waals surface area contributed by atoms with Crippen molar-refractivity contribution >= 4 is 11.8 Å². The number of aryl methyl sites for hydroxylation is 1. The zero-order valence-electron chi connectivity index (χ0n) is 9.83. The van der Waals surface area contributed by atoms with Crippen LogP contribution in [0.15, 0.2) is 28.0 Å². The summed E-state index contributed by atoms with van der Waals surface area (Å²) in [5.41, 5.74) is 0. The molecule has 0 aliphatic heterocycles. The fourth-order valence-corrected chi connectivity index (χ4v) is 2.19. The first-order valence-electron chi connectivity index (χ1n) is 5.38. The number of nitrogens with zero attached hydrogens (tertiary/aromatic N) is 4. The predicted octanol–water partition coefficient (Wildman–Crippen LogP) is 1.07. The maximum atomic E-state index is 5.23. The first kappa shape index (κ1) is 12.1. The smallest absolute Gasteiger partial charge is 0.209 e. The van der Waals surface area contributed by atoms with Crippen molar-refractivity contribution in [1.82, 2.24) is 25.5 Å². The van der Waals surface area contributed by atoms with E-state index >= 15 is 0 Å². The lowest BCUT2D eigenvalue weighted by atomic mass is 10.4. The van der Waals surface area contributed by atoms with Gasteiger partial charge < -0.3 is 9.73 Å². The van der Waals surface area contributed by atoms with Crippen molar-refractivity contribution in [3.63, 3.8) is 0 Å². The molecule has 0 aliphatic carbocycles. The lowest BCUT2D eigenvalue weighted by Gasteiger charge is -2.10. The van der Waals surface area contributed by atoms with Gasteiger partial charge in [0, 0.05) is 18.8 Å². The lowest BCUT2D eigenvalue weighted by molar-refractivity contribution is 0.484. The van der Waals surface area contributed by atoms with Gasteiger partial charge in [0.25, 0.3) is 0 Å². The first-order chi connectivity index (χ1) is 8.25. The molecule has 1 unspecified atom stereocenters. The van der Waals surface area contributed by atoms with Crippen LogP contribution in [0.1, 0.15) is 12.7 Å². The molecular weight excluding hydrogens is 238 g/mol. The maximum Gasteiger partial charge on any atom is 0.209 e. The van der Waals surface area contributed by atoms with Crippen molar-refractivity contribution in [3.8, 4) is 0 Å². The number of aromatic nitrogens is 4. The van der Waals surface area contributed by atoms with E-state index in [4.69, 9.17) is 4.42 Å². The number of nitrogens with one attached hydrogen (secondary N) is 1. The van der Waals surface area contributed by atoms with E-state index in [9.17, 15) is 0 Å². The minimum atomic E-state index is 0.398. The van der Waals surface area contributed by atoms with Crippen LogP contribution in [0.4, 0.5) is 0 Å². The number of furan rings is 1. The highest BCUT2D eigenvalue weighted by Gasteiger charge is 2.09. The average Bonchev–Trinajstić information content (AvgIpc) is 2.92. The number of tetrazole rings is 1. The molecule has 2 aromatic rings. The molecule has 0 aromatic carbocycles. The summed E-state index contributed by atoms with van der Waals surface area (Å²) in [6.07, 6.45) is 1.68. The molecule has 0 amide bonds. The van der Waals surface area contributed by atoms with Gasteiger partial charge in [-0.05, 0) is 22.6 Å². The summed E-state index contributed by atoms with van der Waals surface area (Å²) in [5, 5.41) is 15.9. The maximum absolute atomic E-state index is 5.23. The van der Waals surface area contributed by atoms with Gasteiger partial charge >= 0.3 is 0 Å². The highest BCUT2D eigenvalue weighted by molar-refractivity contribution is 7.99. The zero-order chi connectivity index (χ0) is 12.1. The Bertz CT molecular complexity index is 441. The minimum absolute atomic E-state index is 0.398. The SMILES string of the molecule is CC(CNCc1ccco1)Sc1nnnn1C. The second-order valence-corrected chi connectivity index (χ2v) is 5.13. The summed E-state index contributed by atoms with van der Waals surface area (Å²) in [4.78, 5) is 0. The molecule has 92 valence electrons. The van der Waals surface area contributed by atoms with Crippen LogP contribution in [0.5, 0.6) is 0 Å². The molecule has 1 N–H and O–H groups in total. The van der Waals surface area contributed by atoms with Crippen LogP contribution in [-0.2, 0) is 13.6 Å². The van der Waals surface area contributed by atoms with Gasteiger partial charge in [0.1, 0.15) is 5.76 Å². The van der Waals surface area contributed by atoms with Crippen LogP contribution in [0, 0.1) is 0 Å². The van der Waals surface area contributed by atoms with Gasteiger partial charge in [-0.3, -0.25) is 0 Å². The Hall–Kier alpha value is -1.34. The van der Waals surface area contributed by atoms with Crippen molar-refractivity contribution in [2.75, 3.05) is 6.54 Å². The number of rotatable bonds is 6. The Morgan fingerprint density at radius 2 is 2.47 bits per heavy atom. The van der Waals surface area contributed by atoms with E-state index in [2.05, 4.69) is 27.8 Å². The number of thioether (sulfide) groups is 1. The molecule has 6 nitrogen and oxygen atoms in total. The molecule has 17 heavy (non-hydrogen) atoms. The fourth-order valence-electron chi connectivity index (χ4n) is 1.35. The van der Waals surface area contributed by atoms with Gasteiger partial charge in [0.15, 0.2) is 0 Å². The summed E-state index contributed by atoms with van der Waals surface area (Å²) >= 11 is 1.65. The third-order valence-electron chi connectivity index (χ3n) is 2.20. The van der Waals surface area contributed by atoms with Crippen LogP contribution < -0.4 is 5.32 Å². The Morgan fingerprint density at radius 1 is 1.59 bits per heavy atom. The Kier molecular flexibility index (Phi) is 4.16. The molecular formula is C10H15N5OS. The molecule has 0 aliphatic rings. The quantitative estimate of drug-likeness (QED) is 0.777. The van der Waals surface area contributed by atoms with E-state index in [1.54, 1.807) is 22.7 Å². The van der Waals surface area contributed by atoms with Gasteiger partial charge in [-0.2, -0.15) is 0 Å². The first-order valence-corrected chi connectivity index (χ1v) is 6.26. The lowest BCUT2D eigenvalue weighted by Crippen LogP contribution is -2.22. The van der Waals surface area contributed by atoms with Crippen LogP contribution in [0.3, 0.4) is 0 Å². The van der Waals surface area contributed by atoms with E-state index in [1.807, 2.05) is 19.2 Å². The van der Waals surface area contributed by atoms with Crippen molar-refractivity contribution in [1.29, 1.82) is 0 Å². The Balaban J connectivity index is 1.71. The van der Waals surface area contributed by atoms with Gasteiger partial charge in [-0.25, -0.2) is 4.68 Å². The molecule has 2 aromatic heterocycles. The molecule has 7 heteroatoms. The normalized spacial score (nSPS) is 12.8. The van der Waals surface area contributed by atoms with E-state index in [0.29, 0.717) is 5.25 Å². The van der Waals surface area contributed by atoms with Crippen LogP contribution in [0.25, 0.3) is 0 Å². The van der Waals surface area contributed by atoms with E-state index in [1.165, 1.54) is 0 Å². The van der Waals surface area contributed by atoms with Crippen molar-refractivity contribution in [2.45, 2.75) is 23.9 Å². The third-order valence-corrected chi connectivity index (χ3v) is 3.32. The molecule has 0 saturated heterocycles. The van der Waals surface area contributed by atoms with E-state index in [-0.39, 0.29) is 0 Å². The van der Waals surface area contributed by atoms with Gasteiger partial charge in [0.2, 0.25) is 5.16 Å². The third kappa shape index (κ3) is 3.57. The zero-order valence-corrected chi connectivity index (χ0v) is 10.6. The number of hydrogen-bond acceptors (Lipinski definition) is 6. The van der Waals surface area contributed by atoms with Crippen molar-refractivity contribution in [2.24, 2.45) is 7.05 Å². The molecule has 1 atom stereocenters. The molecule has 2 heterocycles. The van der Waals surface area contributed by atoms with Gasteiger partial charge in [0.05, 0.1) is 12.8 Å². The fraction of sp³-hybridized carbons (Fsp3) is 0.500. The van der Waals surface area contributed by atoms with E-state index < -0.39 is 0 Å². The molecule has 0 saturated carbocycles. The van der Waals surface area contributed by atoms with Crippen molar-refractivity contribution < 1.29 is 4.42 Å². The Labute approximate surface area is 104 Å². The van der Waals surface area contributed by atoms with E-state index in [0.717, 1.165) is 24.0 Å². The van der Waals surface area contributed by atoms with Crippen LogP contribution in [0.2, 0.25) is 0 Å². The monoisotopic (exact) mass is 253 g/mol.